The third kappa shape index (κ3) is 6.09. The van der Waals surface area contributed by atoms with Crippen LogP contribution in [0.2, 0.25) is 0 Å². The summed E-state index contributed by atoms with van der Waals surface area (Å²) in [5.74, 6) is 0. The molecule has 0 aromatic heterocycles. The summed E-state index contributed by atoms with van der Waals surface area (Å²) < 4.78 is 88.7. The van der Waals surface area contributed by atoms with Crippen LogP contribution < -0.4 is 0 Å². The van der Waals surface area contributed by atoms with Crippen LogP contribution in [-0.2, 0) is 28.6 Å². The predicted molar refractivity (Wildman–Crippen MR) is 101 cm³/mol. The van der Waals surface area contributed by atoms with E-state index < -0.39 is 55.4 Å². The molecular formula is C18H22O8S2. The highest BCUT2D eigenvalue weighted by Gasteiger charge is 2.25. The van der Waals surface area contributed by atoms with Gasteiger partial charge >= 0.3 is 0 Å². The van der Waals surface area contributed by atoms with Gasteiger partial charge in [0.05, 0.1) is 28.4 Å². The highest BCUT2D eigenvalue weighted by atomic mass is 32.2. The number of hydrogen-bond donors (Lipinski definition) is 2. The van der Waals surface area contributed by atoms with Gasteiger partial charge in [0.1, 0.15) is 12.2 Å². The molecule has 0 fully saturated rings. The van der Waals surface area contributed by atoms with E-state index in [-0.39, 0.29) is 0 Å². The molecule has 0 radical (unpaired) electrons. The topological polar surface area (TPSA) is 127 Å². The summed E-state index contributed by atoms with van der Waals surface area (Å²) in [6.07, 6.45) is -5.71. The molecule has 2 N–H and O–H groups in total. The van der Waals surface area contributed by atoms with Crippen LogP contribution in [0.1, 0.15) is 16.6 Å². The van der Waals surface area contributed by atoms with Crippen molar-refractivity contribution in [1.29, 1.82) is 0 Å². The van der Waals surface area contributed by atoms with Gasteiger partial charge in [0, 0.05) is 0 Å². The van der Waals surface area contributed by atoms with E-state index in [0.29, 0.717) is 11.1 Å². The number of aliphatic hydroxyl groups is 2. The van der Waals surface area contributed by atoms with E-state index >= 15 is 0 Å². The van der Waals surface area contributed by atoms with Crippen LogP contribution in [0.25, 0.3) is 0 Å². The van der Waals surface area contributed by atoms with Gasteiger partial charge in [-0.25, -0.2) is 0 Å². The van der Waals surface area contributed by atoms with E-state index in [4.69, 9.17) is 5.48 Å². The lowest BCUT2D eigenvalue weighted by Gasteiger charge is -2.17. The Hall–Kier alpha value is -1.82. The number of hydrogen-bond acceptors (Lipinski definition) is 8. The largest absolute Gasteiger partial charge is 0.388 e. The minimum absolute atomic E-state index is 0.449. The Morgan fingerprint density at radius 3 is 1.32 bits per heavy atom. The Morgan fingerprint density at radius 1 is 0.750 bits per heavy atom. The molecule has 0 saturated carbocycles. The average molecular weight is 435 g/mol. The fourth-order valence-electron chi connectivity index (χ4n) is 1.86. The van der Waals surface area contributed by atoms with Gasteiger partial charge in [-0.2, -0.15) is 16.8 Å². The lowest BCUT2D eigenvalue weighted by Crippen LogP contribution is -2.35. The molecule has 0 spiro atoms. The molecule has 2 atom stereocenters. The summed E-state index contributed by atoms with van der Waals surface area (Å²) in [6, 6.07) is 10.2. The monoisotopic (exact) mass is 434 g/mol. The van der Waals surface area contributed by atoms with Crippen LogP contribution in [0.4, 0.5) is 0 Å². The van der Waals surface area contributed by atoms with Crippen molar-refractivity contribution in [3.63, 3.8) is 0 Å². The number of aryl methyl sites for hydroxylation is 2. The number of benzene rings is 2. The highest BCUT2D eigenvalue weighted by Crippen LogP contribution is 2.16. The van der Waals surface area contributed by atoms with Crippen molar-refractivity contribution in [1.82, 2.24) is 0 Å². The molecule has 10 heteroatoms. The predicted octanol–water partition coefficient (Wildman–Crippen LogP) is 1.14. The SMILES string of the molecule is [2H]C([2H])(OS(=O)(=O)c1ccc(C)cc1)[C@@H](O)[C@H](O)C([2H])([2H])OS(=O)(=O)c1ccc(C)cc1. The first-order chi connectivity index (χ1) is 14.5. The molecule has 2 aromatic rings. The lowest BCUT2D eigenvalue weighted by molar-refractivity contribution is -0.0267. The van der Waals surface area contributed by atoms with Gasteiger partial charge in [0.25, 0.3) is 20.2 Å². The zero-order valence-electron chi connectivity index (χ0n) is 18.9. The molecule has 0 aliphatic rings. The lowest BCUT2D eigenvalue weighted by atomic mass is 10.2. The van der Waals surface area contributed by atoms with E-state index in [0.717, 1.165) is 24.3 Å². The van der Waals surface area contributed by atoms with E-state index in [1.54, 1.807) is 13.8 Å². The molecule has 0 aliphatic carbocycles. The first-order valence-corrected chi connectivity index (χ1v) is 10.7. The van der Waals surface area contributed by atoms with E-state index in [2.05, 4.69) is 8.37 Å². The molecule has 154 valence electrons. The standard InChI is InChI=1S/C18H22O8S2/c1-13-3-7-15(8-4-13)27(21,22)25-11-17(19)18(20)12-26-28(23,24)16-9-5-14(2)6-10-16/h3-10,17-20H,11-12H2,1-2H3/t17-,18-/m1/s1/i11D2,12D2. The maximum atomic E-state index is 12.3. The van der Waals surface area contributed by atoms with Crippen molar-refractivity contribution in [2.75, 3.05) is 13.1 Å². The Balaban J connectivity index is 2.23. The summed E-state index contributed by atoms with van der Waals surface area (Å²) in [4.78, 5) is -0.898. The molecule has 2 aromatic carbocycles. The third-order valence-corrected chi connectivity index (χ3v) is 5.81. The van der Waals surface area contributed by atoms with Gasteiger partial charge < -0.3 is 10.2 Å². The summed E-state index contributed by atoms with van der Waals surface area (Å²) >= 11 is 0. The van der Waals surface area contributed by atoms with E-state index in [1.165, 1.54) is 24.3 Å². The molecular weight excluding hydrogens is 408 g/mol. The second kappa shape index (κ2) is 9.12. The van der Waals surface area contributed by atoms with Gasteiger partial charge in [-0.05, 0) is 38.1 Å². The smallest absolute Gasteiger partial charge is 0.297 e. The van der Waals surface area contributed by atoms with Gasteiger partial charge in [-0.1, -0.05) is 35.4 Å². The van der Waals surface area contributed by atoms with Crippen LogP contribution in [0.5, 0.6) is 0 Å². The Bertz CT molecular complexity index is 1050. The van der Waals surface area contributed by atoms with Crippen molar-refractivity contribution in [2.24, 2.45) is 0 Å². The highest BCUT2D eigenvalue weighted by molar-refractivity contribution is 7.87. The first kappa shape index (κ1) is 17.1. The van der Waals surface area contributed by atoms with E-state index in [9.17, 15) is 27.0 Å². The minimum atomic E-state index is -4.77. The Morgan fingerprint density at radius 2 is 1.04 bits per heavy atom. The van der Waals surface area contributed by atoms with Crippen molar-refractivity contribution in [3.05, 3.63) is 59.7 Å². The summed E-state index contributed by atoms with van der Waals surface area (Å²) in [7, 11) is -9.54. The summed E-state index contributed by atoms with van der Waals surface area (Å²) in [5, 5.41) is 20.2. The molecule has 0 saturated heterocycles. The first-order valence-electron chi connectivity index (χ1n) is 9.89. The maximum Gasteiger partial charge on any atom is 0.297 e. The summed E-state index contributed by atoms with van der Waals surface area (Å²) in [6.45, 7) is -3.73. The van der Waals surface area contributed by atoms with Crippen molar-refractivity contribution in [3.8, 4) is 0 Å². The molecule has 0 aliphatic heterocycles. The van der Waals surface area contributed by atoms with Crippen molar-refractivity contribution >= 4 is 20.2 Å². The van der Waals surface area contributed by atoms with Crippen molar-refractivity contribution < 1.29 is 40.9 Å². The molecule has 2 rings (SSSR count). The van der Waals surface area contributed by atoms with Crippen LogP contribution in [0.3, 0.4) is 0 Å². The second-order valence-corrected chi connectivity index (χ2v) is 8.92. The molecule has 28 heavy (non-hydrogen) atoms. The second-order valence-electron chi connectivity index (χ2n) is 5.83. The Kier molecular flexibility index (Phi) is 5.56. The van der Waals surface area contributed by atoms with Gasteiger partial charge in [0.2, 0.25) is 0 Å². The normalized spacial score (nSPS) is 17.7. The molecule has 0 amide bonds. The quantitative estimate of drug-likeness (QED) is 0.563. The Labute approximate surface area is 170 Å². The van der Waals surface area contributed by atoms with Gasteiger partial charge in [-0.15, -0.1) is 0 Å². The van der Waals surface area contributed by atoms with Crippen LogP contribution >= 0.6 is 0 Å². The van der Waals surface area contributed by atoms with Crippen LogP contribution in [0.15, 0.2) is 58.3 Å². The molecule has 0 heterocycles. The van der Waals surface area contributed by atoms with Crippen LogP contribution in [0, 0.1) is 13.8 Å². The van der Waals surface area contributed by atoms with Gasteiger partial charge in [0.15, 0.2) is 0 Å². The van der Waals surface area contributed by atoms with Gasteiger partial charge in [-0.3, -0.25) is 8.37 Å². The zero-order chi connectivity index (χ0) is 24.5. The number of rotatable bonds is 9. The fraction of sp³-hybridized carbons (Fsp3) is 0.333. The molecule has 0 unspecified atom stereocenters. The number of aliphatic hydroxyl groups excluding tert-OH is 2. The van der Waals surface area contributed by atoms with Crippen molar-refractivity contribution in [2.45, 2.75) is 35.8 Å². The zero-order valence-corrected chi connectivity index (χ0v) is 16.6. The maximum absolute atomic E-state index is 12.3. The van der Waals surface area contributed by atoms with E-state index in [1.807, 2.05) is 0 Å². The minimum Gasteiger partial charge on any atom is -0.388 e. The average Bonchev–Trinajstić information content (AvgIpc) is 2.65. The summed E-state index contributed by atoms with van der Waals surface area (Å²) in [5.41, 5.74) is 1.42. The molecule has 0 bridgehead atoms. The molecule has 8 nitrogen and oxygen atoms in total. The third-order valence-electron chi connectivity index (χ3n) is 3.48. The fourth-order valence-corrected chi connectivity index (χ4v) is 3.44. The van der Waals surface area contributed by atoms with Crippen LogP contribution in [-0.4, -0.2) is 52.4 Å².